The summed E-state index contributed by atoms with van der Waals surface area (Å²) >= 11 is 1.89. The first-order valence-electron chi connectivity index (χ1n) is 9.31. The minimum Gasteiger partial charge on any atom is -0.370 e. The molecular weight excluding hydrogens is 342 g/mol. The molecule has 26 heavy (non-hydrogen) atoms. The van der Waals surface area contributed by atoms with Crippen molar-refractivity contribution in [3.05, 3.63) is 51.9 Å². The number of aryl methyl sites for hydroxylation is 3. The molecule has 1 aliphatic carbocycles. The van der Waals surface area contributed by atoms with Gasteiger partial charge < -0.3 is 5.32 Å². The fourth-order valence-electron chi connectivity index (χ4n) is 3.21. The summed E-state index contributed by atoms with van der Waals surface area (Å²) in [6.07, 6.45) is 10.3. The van der Waals surface area contributed by atoms with Gasteiger partial charge in [-0.3, -0.25) is 4.98 Å². The van der Waals surface area contributed by atoms with E-state index in [1.54, 1.807) is 12.4 Å². The van der Waals surface area contributed by atoms with Gasteiger partial charge in [0, 0.05) is 47.6 Å². The predicted molar refractivity (Wildman–Crippen MR) is 106 cm³/mol. The Bertz CT molecular complexity index is 852. The van der Waals surface area contributed by atoms with Gasteiger partial charge in [0.25, 0.3) is 0 Å². The lowest BCUT2D eigenvalue weighted by Crippen LogP contribution is -2.08. The molecule has 1 N–H and O–H groups in total. The number of pyridine rings is 1. The van der Waals surface area contributed by atoms with Crippen LogP contribution in [0.4, 0.5) is 5.82 Å². The molecule has 3 heterocycles. The van der Waals surface area contributed by atoms with Crippen LogP contribution >= 0.6 is 11.3 Å². The van der Waals surface area contributed by atoms with Gasteiger partial charge in [-0.15, -0.1) is 11.3 Å². The molecule has 134 valence electrons. The molecule has 5 nitrogen and oxygen atoms in total. The van der Waals surface area contributed by atoms with E-state index < -0.39 is 0 Å². The topological polar surface area (TPSA) is 63.6 Å². The molecule has 6 heteroatoms. The lowest BCUT2D eigenvalue weighted by Gasteiger charge is -2.09. The molecule has 0 fully saturated rings. The van der Waals surface area contributed by atoms with Crippen LogP contribution in [0.1, 0.15) is 41.0 Å². The molecule has 0 amide bonds. The highest BCUT2D eigenvalue weighted by molar-refractivity contribution is 7.11. The van der Waals surface area contributed by atoms with E-state index in [9.17, 15) is 0 Å². The predicted octanol–water partition coefficient (Wildman–Crippen LogP) is 4.09. The Morgan fingerprint density at radius 1 is 1.08 bits per heavy atom. The van der Waals surface area contributed by atoms with Crippen LogP contribution in [-0.4, -0.2) is 26.5 Å². The maximum absolute atomic E-state index is 4.82. The van der Waals surface area contributed by atoms with Gasteiger partial charge in [-0.05, 0) is 44.2 Å². The van der Waals surface area contributed by atoms with Crippen LogP contribution in [0, 0.1) is 0 Å². The number of nitrogens with zero attached hydrogens (tertiary/aromatic N) is 4. The number of nitrogens with one attached hydrogen (secondary N) is 1. The number of anilines is 1. The van der Waals surface area contributed by atoms with Crippen molar-refractivity contribution in [3.63, 3.8) is 0 Å². The first-order valence-corrected chi connectivity index (χ1v) is 10.1. The quantitative estimate of drug-likeness (QED) is 0.713. The number of thiazole rings is 1. The summed E-state index contributed by atoms with van der Waals surface area (Å²) in [5.74, 6) is 1.63. The van der Waals surface area contributed by atoms with Crippen LogP contribution in [0.3, 0.4) is 0 Å². The maximum Gasteiger partial charge on any atom is 0.161 e. The summed E-state index contributed by atoms with van der Waals surface area (Å²) in [7, 11) is 0. The maximum atomic E-state index is 4.82. The average Bonchev–Trinajstić information content (AvgIpc) is 3.11. The average molecular weight is 366 g/mol. The third-order valence-corrected chi connectivity index (χ3v) is 5.83. The second-order valence-electron chi connectivity index (χ2n) is 6.52. The Kier molecular flexibility index (Phi) is 5.20. The van der Waals surface area contributed by atoms with Crippen molar-refractivity contribution in [2.45, 2.75) is 45.4 Å². The highest BCUT2D eigenvalue weighted by atomic mass is 32.1. The third-order valence-electron chi connectivity index (χ3n) is 4.61. The first-order chi connectivity index (χ1) is 12.8. The second kappa shape index (κ2) is 7.91. The van der Waals surface area contributed by atoms with Gasteiger partial charge in [0.2, 0.25) is 0 Å². The summed E-state index contributed by atoms with van der Waals surface area (Å²) in [6, 6.07) is 5.93. The van der Waals surface area contributed by atoms with Crippen LogP contribution < -0.4 is 5.32 Å². The molecule has 4 rings (SSSR count). The van der Waals surface area contributed by atoms with Crippen molar-refractivity contribution < 1.29 is 0 Å². The van der Waals surface area contributed by atoms with Crippen molar-refractivity contribution in [1.29, 1.82) is 0 Å². The van der Waals surface area contributed by atoms with E-state index in [1.807, 2.05) is 29.5 Å². The number of rotatable bonds is 6. The zero-order valence-corrected chi connectivity index (χ0v) is 15.9. The van der Waals surface area contributed by atoms with Crippen molar-refractivity contribution in [3.8, 4) is 11.4 Å². The molecule has 1 aliphatic rings. The molecule has 0 spiro atoms. The highest BCUT2D eigenvalue weighted by Gasteiger charge is 2.14. The van der Waals surface area contributed by atoms with E-state index in [0.29, 0.717) is 0 Å². The molecule has 3 aromatic rings. The van der Waals surface area contributed by atoms with Gasteiger partial charge in [-0.1, -0.05) is 6.92 Å². The molecule has 3 aromatic heterocycles. The molecule has 0 saturated carbocycles. The zero-order valence-electron chi connectivity index (χ0n) is 15.0. The number of aromatic nitrogens is 4. The van der Waals surface area contributed by atoms with E-state index >= 15 is 0 Å². The Balaban J connectivity index is 1.45. The zero-order chi connectivity index (χ0) is 17.8. The minimum absolute atomic E-state index is 0.749. The van der Waals surface area contributed by atoms with E-state index in [2.05, 4.69) is 27.2 Å². The van der Waals surface area contributed by atoms with Crippen molar-refractivity contribution >= 4 is 17.2 Å². The van der Waals surface area contributed by atoms with E-state index in [4.69, 9.17) is 4.98 Å². The fraction of sp³-hybridized carbons (Fsp3) is 0.400. The Morgan fingerprint density at radius 2 is 1.92 bits per heavy atom. The molecule has 0 unspecified atom stereocenters. The van der Waals surface area contributed by atoms with Crippen LogP contribution in [-0.2, 0) is 25.7 Å². The molecule has 0 bridgehead atoms. The van der Waals surface area contributed by atoms with Gasteiger partial charge in [0.15, 0.2) is 5.82 Å². The van der Waals surface area contributed by atoms with Crippen molar-refractivity contribution in [1.82, 2.24) is 19.9 Å². The summed E-state index contributed by atoms with van der Waals surface area (Å²) < 4.78 is 0. The highest BCUT2D eigenvalue weighted by Crippen LogP contribution is 2.27. The van der Waals surface area contributed by atoms with Crippen LogP contribution in [0.15, 0.2) is 30.6 Å². The molecular formula is C20H23N5S. The Morgan fingerprint density at radius 3 is 2.73 bits per heavy atom. The molecule has 0 aromatic carbocycles. The van der Waals surface area contributed by atoms with Crippen LogP contribution in [0.5, 0.6) is 0 Å². The first kappa shape index (κ1) is 17.1. The number of fused-ring (bicyclic) bond motifs is 1. The van der Waals surface area contributed by atoms with E-state index in [1.165, 1.54) is 34.8 Å². The van der Waals surface area contributed by atoms with E-state index in [0.717, 1.165) is 48.7 Å². The van der Waals surface area contributed by atoms with Gasteiger partial charge in [-0.25, -0.2) is 15.0 Å². The molecule has 0 atom stereocenters. The SMILES string of the molecule is CCc1cc(NCCc2nc3c(s2)CCCC3)nc(-c2ccncc2)n1. The lowest BCUT2D eigenvalue weighted by molar-refractivity contribution is 0.680. The van der Waals surface area contributed by atoms with Gasteiger partial charge >= 0.3 is 0 Å². The fourth-order valence-corrected chi connectivity index (χ4v) is 4.37. The van der Waals surface area contributed by atoms with Crippen LogP contribution in [0.2, 0.25) is 0 Å². The van der Waals surface area contributed by atoms with Crippen molar-refractivity contribution in [2.24, 2.45) is 0 Å². The number of hydrogen-bond donors (Lipinski definition) is 1. The third kappa shape index (κ3) is 3.90. The Labute approximate surface area is 158 Å². The standard InChI is InChI=1S/C20H23N5S/c1-2-15-13-18(25-20(23-15)14-7-10-21-11-8-14)22-12-9-19-24-16-5-3-4-6-17(16)26-19/h7-8,10-11,13H,2-6,9,12H2,1H3,(H,22,23,25). The molecule has 0 radical (unpaired) electrons. The van der Waals surface area contributed by atoms with Gasteiger partial charge in [0.05, 0.1) is 10.7 Å². The smallest absolute Gasteiger partial charge is 0.161 e. The van der Waals surface area contributed by atoms with E-state index in [-0.39, 0.29) is 0 Å². The van der Waals surface area contributed by atoms with Crippen molar-refractivity contribution in [2.75, 3.05) is 11.9 Å². The summed E-state index contributed by atoms with van der Waals surface area (Å²) in [5, 5.41) is 4.70. The summed E-state index contributed by atoms with van der Waals surface area (Å²) in [4.78, 5) is 19.7. The second-order valence-corrected chi connectivity index (χ2v) is 7.69. The van der Waals surface area contributed by atoms with Gasteiger partial charge in [0.1, 0.15) is 5.82 Å². The molecule has 0 saturated heterocycles. The lowest BCUT2D eigenvalue weighted by atomic mass is 10.0. The Hall–Kier alpha value is -2.34. The minimum atomic E-state index is 0.749. The number of hydrogen-bond acceptors (Lipinski definition) is 6. The summed E-state index contributed by atoms with van der Waals surface area (Å²) in [6.45, 7) is 2.95. The largest absolute Gasteiger partial charge is 0.370 e. The monoisotopic (exact) mass is 365 g/mol. The summed E-state index contributed by atoms with van der Waals surface area (Å²) in [5.41, 5.74) is 3.37. The van der Waals surface area contributed by atoms with Gasteiger partial charge in [-0.2, -0.15) is 0 Å². The van der Waals surface area contributed by atoms with Crippen LogP contribution in [0.25, 0.3) is 11.4 Å². The molecule has 0 aliphatic heterocycles. The normalized spacial score (nSPS) is 13.4.